The zero-order valence-corrected chi connectivity index (χ0v) is 19.3. The molecule has 1 amide bonds. The number of carbonyl (C=O) groups excluding carboxylic acids is 1. The molecule has 16 heteroatoms. The first-order valence-corrected chi connectivity index (χ1v) is 11.2. The number of fused-ring (bicyclic) bond motifs is 2. The molecule has 202 valence electrons. The molecular formula is C22H21F5N8O3. The van der Waals surface area contributed by atoms with Crippen LogP contribution in [-0.4, -0.2) is 90.6 Å². The van der Waals surface area contributed by atoms with E-state index in [0.717, 1.165) is 20.3 Å². The van der Waals surface area contributed by atoms with E-state index < -0.39 is 68.7 Å². The number of amides is 1. The zero-order valence-electron chi connectivity index (χ0n) is 22.3. The normalized spacial score (nSPS) is 19.0. The SMILES string of the molecule is [2H]C([2H])([2H])Oc1nc(N[C@@H]2CCN(C(=O)CO)CC2(F)F)nn2cc(F)c(-c3ccc4nnn(CC(F)F)c4c3)c12. The summed E-state index contributed by atoms with van der Waals surface area (Å²) in [6, 6.07) is 2.52. The Bertz CT molecular complexity index is 1610. The van der Waals surface area contributed by atoms with Gasteiger partial charge in [-0.25, -0.2) is 31.1 Å². The number of halogens is 5. The van der Waals surface area contributed by atoms with Crippen molar-refractivity contribution in [3.63, 3.8) is 0 Å². The summed E-state index contributed by atoms with van der Waals surface area (Å²) < 4.78 is 100. The Hall–Kier alpha value is -4.08. The molecule has 1 aliphatic heterocycles. The van der Waals surface area contributed by atoms with Crippen LogP contribution < -0.4 is 10.1 Å². The maximum absolute atomic E-state index is 15.4. The number of aliphatic hydroxyl groups excluding tert-OH is 1. The van der Waals surface area contributed by atoms with Gasteiger partial charge in [-0.2, -0.15) is 4.98 Å². The number of ether oxygens (including phenoxy) is 1. The molecule has 4 heterocycles. The van der Waals surface area contributed by atoms with Gasteiger partial charge in [0.25, 0.3) is 12.3 Å². The molecule has 0 aliphatic carbocycles. The lowest BCUT2D eigenvalue weighted by Crippen LogP contribution is -2.56. The van der Waals surface area contributed by atoms with Gasteiger partial charge in [0.1, 0.15) is 24.2 Å². The summed E-state index contributed by atoms with van der Waals surface area (Å²) >= 11 is 0. The summed E-state index contributed by atoms with van der Waals surface area (Å²) in [5.41, 5.74) is -0.0300. The highest BCUT2D eigenvalue weighted by Crippen LogP contribution is 2.36. The van der Waals surface area contributed by atoms with E-state index >= 15 is 4.39 Å². The number of methoxy groups -OCH3 is 1. The summed E-state index contributed by atoms with van der Waals surface area (Å²) in [7, 11) is -3.09. The molecule has 1 atom stereocenters. The van der Waals surface area contributed by atoms with Crippen LogP contribution in [0.5, 0.6) is 5.88 Å². The number of carbonyl (C=O) groups is 1. The van der Waals surface area contributed by atoms with Gasteiger partial charge in [0.15, 0.2) is 5.82 Å². The van der Waals surface area contributed by atoms with Gasteiger partial charge >= 0.3 is 0 Å². The molecule has 1 aliphatic rings. The van der Waals surface area contributed by atoms with E-state index in [9.17, 15) is 22.4 Å². The van der Waals surface area contributed by atoms with Crippen molar-refractivity contribution in [2.75, 3.05) is 32.1 Å². The maximum Gasteiger partial charge on any atom is 0.285 e. The van der Waals surface area contributed by atoms with E-state index in [-0.39, 0.29) is 40.6 Å². The number of aliphatic hydroxyl groups is 1. The Labute approximate surface area is 215 Å². The fourth-order valence-electron chi connectivity index (χ4n) is 4.40. The Kier molecular flexibility index (Phi) is 5.58. The van der Waals surface area contributed by atoms with Crippen molar-refractivity contribution >= 4 is 28.4 Å². The van der Waals surface area contributed by atoms with Crippen molar-refractivity contribution in [3.05, 3.63) is 30.2 Å². The fraction of sp³-hybridized carbons (Fsp3) is 0.409. The lowest BCUT2D eigenvalue weighted by molar-refractivity contribution is -0.145. The lowest BCUT2D eigenvalue weighted by Gasteiger charge is -2.38. The summed E-state index contributed by atoms with van der Waals surface area (Å²) in [5.74, 6) is -6.48. The van der Waals surface area contributed by atoms with Gasteiger partial charge in [0.2, 0.25) is 17.7 Å². The van der Waals surface area contributed by atoms with Crippen LogP contribution in [0.1, 0.15) is 10.5 Å². The molecule has 38 heavy (non-hydrogen) atoms. The molecule has 4 aromatic rings. The number of benzene rings is 1. The quantitative estimate of drug-likeness (QED) is 0.340. The van der Waals surface area contributed by atoms with E-state index in [0.29, 0.717) is 0 Å². The molecule has 0 saturated carbocycles. The van der Waals surface area contributed by atoms with Crippen LogP contribution in [0.4, 0.5) is 27.9 Å². The highest BCUT2D eigenvalue weighted by molar-refractivity contribution is 5.89. The van der Waals surface area contributed by atoms with E-state index in [1.165, 1.54) is 18.2 Å². The smallest absolute Gasteiger partial charge is 0.285 e. The number of anilines is 1. The van der Waals surface area contributed by atoms with E-state index in [4.69, 9.17) is 14.0 Å². The van der Waals surface area contributed by atoms with Crippen molar-refractivity contribution in [1.29, 1.82) is 0 Å². The van der Waals surface area contributed by atoms with Crippen LogP contribution in [0.2, 0.25) is 0 Å². The Morgan fingerprint density at radius 1 is 1.39 bits per heavy atom. The molecular weight excluding hydrogens is 519 g/mol. The van der Waals surface area contributed by atoms with Crippen molar-refractivity contribution < 1.29 is 40.7 Å². The van der Waals surface area contributed by atoms with Gasteiger partial charge < -0.3 is 20.1 Å². The topological polar surface area (TPSA) is 123 Å². The molecule has 0 spiro atoms. The first-order valence-electron chi connectivity index (χ1n) is 12.7. The van der Waals surface area contributed by atoms with Gasteiger partial charge in [-0.3, -0.25) is 4.79 Å². The first kappa shape index (κ1) is 22.0. The number of hydrogen-bond acceptors (Lipinski definition) is 8. The number of likely N-dealkylation sites (tertiary alicyclic amines) is 1. The summed E-state index contributed by atoms with van der Waals surface area (Å²) in [6.45, 7) is -2.81. The molecule has 0 bridgehead atoms. The predicted molar refractivity (Wildman–Crippen MR) is 123 cm³/mol. The highest BCUT2D eigenvalue weighted by atomic mass is 19.3. The molecule has 0 unspecified atom stereocenters. The first-order chi connectivity index (χ1) is 19.3. The molecule has 5 rings (SSSR count). The number of nitrogens with one attached hydrogen (secondary N) is 1. The Morgan fingerprint density at radius 3 is 2.92 bits per heavy atom. The number of rotatable bonds is 7. The lowest BCUT2D eigenvalue weighted by atomic mass is 10.0. The molecule has 1 fully saturated rings. The summed E-state index contributed by atoms with van der Waals surface area (Å²) in [4.78, 5) is 16.4. The van der Waals surface area contributed by atoms with Gasteiger partial charge in [0, 0.05) is 6.54 Å². The van der Waals surface area contributed by atoms with Crippen molar-refractivity contribution in [3.8, 4) is 17.0 Å². The average molecular weight is 543 g/mol. The van der Waals surface area contributed by atoms with Crippen molar-refractivity contribution in [1.82, 2.24) is 34.5 Å². The molecule has 11 nitrogen and oxygen atoms in total. The van der Waals surface area contributed by atoms with Crippen LogP contribution >= 0.6 is 0 Å². The second-order valence-corrected chi connectivity index (χ2v) is 8.57. The van der Waals surface area contributed by atoms with Crippen LogP contribution in [0.3, 0.4) is 0 Å². The molecule has 1 aromatic carbocycles. The largest absolute Gasteiger partial charge is 0.479 e. The Balaban J connectivity index is 1.56. The molecule has 1 saturated heterocycles. The van der Waals surface area contributed by atoms with Gasteiger partial charge in [-0.15, -0.1) is 10.2 Å². The molecule has 2 N–H and O–H groups in total. The summed E-state index contributed by atoms with van der Waals surface area (Å²) in [6.07, 6.45) is -2.17. The van der Waals surface area contributed by atoms with Gasteiger partial charge in [0.05, 0.1) is 41.0 Å². The van der Waals surface area contributed by atoms with Crippen LogP contribution in [0.25, 0.3) is 27.7 Å². The van der Waals surface area contributed by atoms with Crippen LogP contribution in [0.15, 0.2) is 24.4 Å². The zero-order chi connectivity index (χ0) is 29.7. The monoisotopic (exact) mass is 543 g/mol. The maximum atomic E-state index is 15.4. The van der Waals surface area contributed by atoms with E-state index in [1.54, 1.807) is 0 Å². The van der Waals surface area contributed by atoms with Gasteiger partial charge in [-0.1, -0.05) is 11.3 Å². The molecule has 0 radical (unpaired) electrons. The predicted octanol–water partition coefficient (Wildman–Crippen LogP) is 2.19. The summed E-state index contributed by atoms with van der Waals surface area (Å²) in [5, 5.41) is 22.9. The second-order valence-electron chi connectivity index (χ2n) is 8.57. The van der Waals surface area contributed by atoms with Crippen molar-refractivity contribution in [2.45, 2.75) is 31.4 Å². The average Bonchev–Trinajstić information content (AvgIpc) is 3.42. The molecule has 3 aromatic heterocycles. The number of hydrogen-bond donors (Lipinski definition) is 2. The number of piperidine rings is 1. The van der Waals surface area contributed by atoms with E-state index in [2.05, 4.69) is 25.7 Å². The third-order valence-corrected chi connectivity index (χ3v) is 6.15. The third-order valence-electron chi connectivity index (χ3n) is 6.15. The number of nitrogens with zero attached hydrogens (tertiary/aromatic N) is 7. The van der Waals surface area contributed by atoms with Crippen LogP contribution in [0, 0.1) is 5.82 Å². The standard InChI is InChI=1S/C22H21F5N8O3/c1-38-20-19-18(11-2-3-13-14(6-11)34(32-30-13)8-16(24)25)12(23)7-35(19)31-21(29-20)28-15-4-5-33(17(37)9-36)10-22(15,26)27/h2-3,6-7,15-16,36H,4-5,8-10H2,1H3,(H,28,31)/t15-/m1/s1/i1D3. The minimum absolute atomic E-state index is 0.0995. The number of alkyl halides is 4. The fourth-order valence-corrected chi connectivity index (χ4v) is 4.40. The highest BCUT2D eigenvalue weighted by Gasteiger charge is 2.46. The Morgan fingerprint density at radius 2 is 2.21 bits per heavy atom. The van der Waals surface area contributed by atoms with E-state index in [1.807, 2.05) is 0 Å². The van der Waals surface area contributed by atoms with Crippen LogP contribution in [-0.2, 0) is 11.3 Å². The van der Waals surface area contributed by atoms with Crippen molar-refractivity contribution in [2.24, 2.45) is 0 Å². The number of aromatic nitrogens is 6. The second kappa shape index (κ2) is 9.66. The minimum atomic E-state index is -3.50. The third kappa shape index (κ3) is 4.55. The minimum Gasteiger partial charge on any atom is -0.479 e. The van der Waals surface area contributed by atoms with Gasteiger partial charge in [-0.05, 0) is 24.1 Å².